The van der Waals surface area contributed by atoms with Crippen LogP contribution in [0.15, 0.2) is 34.2 Å². The molecule has 0 aliphatic heterocycles. The number of para-hydroxylation sites is 1. The van der Waals surface area contributed by atoms with Gasteiger partial charge in [-0.05, 0) is 38.8 Å². The zero-order valence-electron chi connectivity index (χ0n) is 12.7. The van der Waals surface area contributed by atoms with E-state index >= 15 is 0 Å². The molecule has 3 rings (SSSR count). The molecule has 1 aromatic heterocycles. The summed E-state index contributed by atoms with van der Waals surface area (Å²) in [4.78, 5) is 29.2. The van der Waals surface area contributed by atoms with Crippen LogP contribution in [0, 0.1) is 0 Å². The molecule has 0 spiro atoms. The highest BCUT2D eigenvalue weighted by atomic mass is 32.2. The van der Waals surface area contributed by atoms with Crippen LogP contribution in [0.25, 0.3) is 10.9 Å². The van der Waals surface area contributed by atoms with Gasteiger partial charge in [-0.1, -0.05) is 23.9 Å². The maximum Gasteiger partial charge on any atom is 0.262 e. The third kappa shape index (κ3) is 3.02. The van der Waals surface area contributed by atoms with Crippen molar-refractivity contribution in [1.82, 2.24) is 14.9 Å². The maximum absolute atomic E-state index is 12.5. The fraction of sp³-hybridized carbons (Fsp3) is 0.438. The molecule has 116 valence electrons. The standard InChI is InChI=1S/C16H19N3O2S/c1-3-19-15(21)12-6-4-5-7-13(12)18-16(19)22-10(2)14(20)17-11-8-9-11/h4-7,10-11H,3,8-9H2,1-2H3,(H,17,20)/t10-/m0/s1. The SMILES string of the molecule is CCn1c(S[C@@H](C)C(=O)NC2CC2)nc2ccccc2c1=O. The minimum absolute atomic E-state index is 0.0116. The molecule has 1 atom stereocenters. The number of amides is 1. The maximum atomic E-state index is 12.5. The number of nitrogens with one attached hydrogen (secondary N) is 1. The molecule has 22 heavy (non-hydrogen) atoms. The van der Waals surface area contributed by atoms with Crippen molar-refractivity contribution in [1.29, 1.82) is 0 Å². The molecule has 6 heteroatoms. The van der Waals surface area contributed by atoms with Crippen LogP contribution in [0.1, 0.15) is 26.7 Å². The minimum Gasteiger partial charge on any atom is -0.352 e. The summed E-state index contributed by atoms with van der Waals surface area (Å²) in [5.41, 5.74) is 0.625. The number of nitrogens with zero attached hydrogens (tertiary/aromatic N) is 2. The third-order valence-electron chi connectivity index (χ3n) is 3.72. The van der Waals surface area contributed by atoms with Crippen LogP contribution in [-0.4, -0.2) is 26.8 Å². The van der Waals surface area contributed by atoms with Crippen molar-refractivity contribution >= 4 is 28.6 Å². The summed E-state index contributed by atoms with van der Waals surface area (Å²) in [5, 5.41) is 3.93. The highest BCUT2D eigenvalue weighted by Gasteiger charge is 2.26. The van der Waals surface area contributed by atoms with Gasteiger partial charge in [-0.25, -0.2) is 4.98 Å². The summed E-state index contributed by atoms with van der Waals surface area (Å²) in [7, 11) is 0. The first-order valence-electron chi connectivity index (χ1n) is 7.56. The number of rotatable bonds is 5. The predicted molar refractivity (Wildman–Crippen MR) is 88.2 cm³/mol. The molecule has 0 bridgehead atoms. The van der Waals surface area contributed by atoms with E-state index in [4.69, 9.17) is 0 Å². The Morgan fingerprint density at radius 3 is 2.86 bits per heavy atom. The molecule has 0 saturated heterocycles. The van der Waals surface area contributed by atoms with Crippen LogP contribution < -0.4 is 10.9 Å². The number of carbonyl (C=O) groups excluding carboxylic acids is 1. The Hall–Kier alpha value is -1.82. The third-order valence-corrected chi connectivity index (χ3v) is 4.81. The summed E-state index contributed by atoms with van der Waals surface area (Å²) in [6.07, 6.45) is 2.13. The average Bonchev–Trinajstić information content (AvgIpc) is 3.31. The first kappa shape index (κ1) is 15.1. The Balaban J connectivity index is 1.91. The Kier molecular flexibility index (Phi) is 4.20. The van der Waals surface area contributed by atoms with Crippen LogP contribution in [0.5, 0.6) is 0 Å². The lowest BCUT2D eigenvalue weighted by Gasteiger charge is -2.15. The summed E-state index contributed by atoms with van der Waals surface area (Å²) >= 11 is 1.34. The van der Waals surface area contributed by atoms with E-state index in [1.807, 2.05) is 32.0 Å². The lowest BCUT2D eigenvalue weighted by molar-refractivity contribution is -0.120. The summed E-state index contributed by atoms with van der Waals surface area (Å²) in [6.45, 7) is 4.30. The number of carbonyl (C=O) groups is 1. The second-order valence-electron chi connectivity index (χ2n) is 5.50. The van der Waals surface area contributed by atoms with E-state index in [0.29, 0.717) is 28.6 Å². The van der Waals surface area contributed by atoms with E-state index < -0.39 is 0 Å². The molecular formula is C16H19N3O2S. The van der Waals surface area contributed by atoms with Gasteiger partial charge < -0.3 is 5.32 Å². The van der Waals surface area contributed by atoms with E-state index in [0.717, 1.165) is 12.8 Å². The highest BCUT2D eigenvalue weighted by Crippen LogP contribution is 2.24. The van der Waals surface area contributed by atoms with E-state index in [2.05, 4.69) is 10.3 Å². The van der Waals surface area contributed by atoms with E-state index in [-0.39, 0.29) is 16.7 Å². The molecule has 2 aromatic rings. The Morgan fingerprint density at radius 2 is 2.18 bits per heavy atom. The van der Waals surface area contributed by atoms with E-state index in [1.165, 1.54) is 11.8 Å². The molecule has 0 radical (unpaired) electrons. The quantitative estimate of drug-likeness (QED) is 0.678. The van der Waals surface area contributed by atoms with Gasteiger partial charge in [-0.15, -0.1) is 0 Å². The van der Waals surface area contributed by atoms with Crippen molar-refractivity contribution in [3.8, 4) is 0 Å². The van der Waals surface area contributed by atoms with Crippen molar-refractivity contribution in [2.45, 2.75) is 49.7 Å². The van der Waals surface area contributed by atoms with E-state index in [9.17, 15) is 9.59 Å². The molecule has 1 saturated carbocycles. The zero-order valence-corrected chi connectivity index (χ0v) is 13.5. The van der Waals surface area contributed by atoms with Crippen molar-refractivity contribution in [2.24, 2.45) is 0 Å². The van der Waals surface area contributed by atoms with Crippen LogP contribution in [0.2, 0.25) is 0 Å². The molecule has 1 fully saturated rings. The van der Waals surface area contributed by atoms with Gasteiger partial charge in [-0.2, -0.15) is 0 Å². The van der Waals surface area contributed by atoms with Gasteiger partial charge >= 0.3 is 0 Å². The fourth-order valence-electron chi connectivity index (χ4n) is 2.27. The van der Waals surface area contributed by atoms with Crippen molar-refractivity contribution < 1.29 is 4.79 Å². The monoisotopic (exact) mass is 317 g/mol. The van der Waals surface area contributed by atoms with Crippen molar-refractivity contribution in [3.63, 3.8) is 0 Å². The highest BCUT2D eigenvalue weighted by molar-refractivity contribution is 8.00. The van der Waals surface area contributed by atoms with E-state index in [1.54, 1.807) is 10.6 Å². The number of fused-ring (bicyclic) bond motifs is 1. The Bertz CT molecular complexity index is 768. The number of hydrogen-bond acceptors (Lipinski definition) is 4. The van der Waals surface area contributed by atoms with Gasteiger partial charge in [0.1, 0.15) is 0 Å². The molecule has 1 N–H and O–H groups in total. The minimum atomic E-state index is -0.272. The second-order valence-corrected chi connectivity index (χ2v) is 6.81. The summed E-state index contributed by atoms with van der Waals surface area (Å²) in [5.74, 6) is 0.0116. The number of benzene rings is 1. The molecule has 1 aromatic carbocycles. The topological polar surface area (TPSA) is 64.0 Å². The largest absolute Gasteiger partial charge is 0.352 e. The first-order chi connectivity index (χ1) is 10.6. The lowest BCUT2D eigenvalue weighted by atomic mass is 10.2. The number of thioether (sulfide) groups is 1. The van der Waals surface area contributed by atoms with Crippen LogP contribution >= 0.6 is 11.8 Å². The zero-order chi connectivity index (χ0) is 15.7. The lowest BCUT2D eigenvalue weighted by Crippen LogP contribution is -2.33. The molecule has 1 aliphatic carbocycles. The predicted octanol–water partition coefficient (Wildman–Crippen LogP) is 2.18. The molecule has 5 nitrogen and oxygen atoms in total. The molecule has 0 unspecified atom stereocenters. The average molecular weight is 317 g/mol. The van der Waals surface area contributed by atoms with Gasteiger partial charge in [0.2, 0.25) is 5.91 Å². The molecule has 1 aliphatic rings. The van der Waals surface area contributed by atoms with Gasteiger partial charge in [-0.3, -0.25) is 14.2 Å². The number of aromatic nitrogens is 2. The molecule has 1 heterocycles. The van der Waals surface area contributed by atoms with Gasteiger partial charge in [0.25, 0.3) is 5.56 Å². The Morgan fingerprint density at radius 1 is 1.45 bits per heavy atom. The first-order valence-corrected chi connectivity index (χ1v) is 8.44. The van der Waals surface area contributed by atoms with Crippen LogP contribution in [0.4, 0.5) is 0 Å². The number of hydrogen-bond donors (Lipinski definition) is 1. The van der Waals surface area contributed by atoms with Crippen LogP contribution in [-0.2, 0) is 11.3 Å². The van der Waals surface area contributed by atoms with Gasteiger partial charge in [0, 0.05) is 12.6 Å². The Labute approximate surface area is 133 Å². The van der Waals surface area contributed by atoms with Crippen molar-refractivity contribution in [2.75, 3.05) is 0 Å². The van der Waals surface area contributed by atoms with Gasteiger partial charge in [0.05, 0.1) is 16.2 Å². The summed E-state index contributed by atoms with van der Waals surface area (Å²) in [6, 6.07) is 7.66. The van der Waals surface area contributed by atoms with Gasteiger partial charge in [0.15, 0.2) is 5.16 Å². The summed E-state index contributed by atoms with van der Waals surface area (Å²) < 4.78 is 1.63. The molecular weight excluding hydrogens is 298 g/mol. The van der Waals surface area contributed by atoms with Crippen molar-refractivity contribution in [3.05, 3.63) is 34.6 Å². The fourth-order valence-corrected chi connectivity index (χ4v) is 3.26. The normalized spacial score (nSPS) is 15.7. The smallest absolute Gasteiger partial charge is 0.262 e. The van der Waals surface area contributed by atoms with Crippen LogP contribution in [0.3, 0.4) is 0 Å². The molecule has 1 amide bonds. The second kappa shape index (κ2) is 6.12.